The molecule has 7 heteroatoms. The molecular weight excluding hydrogens is 480 g/mol. The number of benzene rings is 2. The molecule has 0 heterocycles. The van der Waals surface area contributed by atoms with Crippen LogP contribution in [0.5, 0.6) is 0 Å². The topological polar surface area (TPSA) is 114 Å². The van der Waals surface area contributed by atoms with Crippen LogP contribution in [0.2, 0.25) is 0 Å². The van der Waals surface area contributed by atoms with E-state index in [2.05, 4.69) is 6.92 Å². The van der Waals surface area contributed by atoms with E-state index in [9.17, 15) is 9.59 Å². The van der Waals surface area contributed by atoms with Crippen molar-refractivity contribution in [3.05, 3.63) is 65.2 Å². The highest BCUT2D eigenvalue weighted by atomic mass is 16.5. The third-order valence-electron chi connectivity index (χ3n) is 6.84. The summed E-state index contributed by atoms with van der Waals surface area (Å²) in [6, 6.07) is 12.0. The Bertz CT molecular complexity index is 1040. The number of esters is 2. The first-order valence-electron chi connectivity index (χ1n) is 13.9. The number of hydrogen-bond donors (Lipinski definition) is 2. The van der Waals surface area contributed by atoms with Crippen LogP contribution < -0.4 is 11.5 Å². The van der Waals surface area contributed by atoms with Crippen LogP contribution >= 0.6 is 0 Å². The summed E-state index contributed by atoms with van der Waals surface area (Å²) in [5.41, 5.74) is 14.6. The van der Waals surface area contributed by atoms with Crippen LogP contribution in [0.15, 0.2) is 48.5 Å². The molecule has 4 N–H and O–H groups in total. The van der Waals surface area contributed by atoms with Crippen LogP contribution in [0.3, 0.4) is 0 Å². The summed E-state index contributed by atoms with van der Waals surface area (Å²) >= 11 is 0. The van der Waals surface area contributed by atoms with E-state index >= 15 is 0 Å². The summed E-state index contributed by atoms with van der Waals surface area (Å²) in [7, 11) is 0. The Balaban J connectivity index is 1.34. The van der Waals surface area contributed by atoms with Gasteiger partial charge in [0.1, 0.15) is 12.7 Å². The standard InChI is InChI=1S/C31H42N2O5/c1-2-3-4-5-6-7-20-36-27-14-16-28(17-15-27)38-31(35)24-11-8-23(9-12-24)10-19-30(34)37-22-25-21-26(32)13-18-29(25)33/h8-13,18-19,21,27-28H,2-7,14-17,20,22,32-33H2,1H3. The summed E-state index contributed by atoms with van der Waals surface area (Å²) in [5.74, 6) is -0.821. The maximum absolute atomic E-state index is 12.6. The third kappa shape index (κ3) is 10.2. The number of unbranched alkanes of at least 4 members (excludes halogenated alkanes) is 5. The maximum atomic E-state index is 12.6. The molecule has 1 fully saturated rings. The highest BCUT2D eigenvalue weighted by Crippen LogP contribution is 2.25. The van der Waals surface area contributed by atoms with Crippen LogP contribution in [-0.4, -0.2) is 30.8 Å². The number of anilines is 2. The molecule has 0 spiro atoms. The van der Waals surface area contributed by atoms with E-state index in [0.29, 0.717) is 22.5 Å². The van der Waals surface area contributed by atoms with Gasteiger partial charge in [-0.05, 0) is 74.1 Å². The lowest BCUT2D eigenvalue weighted by Crippen LogP contribution is -2.28. The second-order valence-electron chi connectivity index (χ2n) is 9.96. The van der Waals surface area contributed by atoms with Gasteiger partial charge in [0.05, 0.1) is 11.7 Å². The molecule has 0 saturated heterocycles. The highest BCUT2D eigenvalue weighted by Gasteiger charge is 2.24. The van der Waals surface area contributed by atoms with Crippen molar-refractivity contribution >= 4 is 29.4 Å². The SMILES string of the molecule is CCCCCCCCOC1CCC(OC(=O)c2ccc(C=CC(=O)OCc3cc(N)ccc3N)cc2)CC1. The van der Waals surface area contributed by atoms with Crippen LogP contribution in [0.1, 0.15) is 92.6 Å². The second-order valence-corrected chi connectivity index (χ2v) is 9.96. The maximum Gasteiger partial charge on any atom is 0.338 e. The normalized spacial score (nSPS) is 17.4. The van der Waals surface area contributed by atoms with Crippen molar-refractivity contribution in [3.8, 4) is 0 Å². The van der Waals surface area contributed by atoms with Gasteiger partial charge in [0.15, 0.2) is 0 Å². The van der Waals surface area contributed by atoms with E-state index in [0.717, 1.165) is 44.3 Å². The first-order valence-corrected chi connectivity index (χ1v) is 13.9. The number of nitrogen functional groups attached to an aromatic ring is 2. The van der Waals surface area contributed by atoms with Crippen molar-refractivity contribution in [2.75, 3.05) is 18.1 Å². The van der Waals surface area contributed by atoms with Crippen LogP contribution in [-0.2, 0) is 25.6 Å². The Morgan fingerprint density at radius 3 is 2.32 bits per heavy atom. The lowest BCUT2D eigenvalue weighted by molar-refractivity contribution is -0.138. The molecule has 2 aromatic rings. The van der Waals surface area contributed by atoms with Gasteiger partial charge in [-0.2, -0.15) is 0 Å². The molecule has 0 aliphatic heterocycles. The number of hydrogen-bond acceptors (Lipinski definition) is 7. The van der Waals surface area contributed by atoms with Crippen LogP contribution in [0, 0.1) is 0 Å². The Kier molecular flexibility index (Phi) is 12.2. The fourth-order valence-corrected chi connectivity index (χ4v) is 4.51. The van der Waals surface area contributed by atoms with Gasteiger partial charge >= 0.3 is 11.9 Å². The van der Waals surface area contributed by atoms with Gasteiger partial charge < -0.3 is 25.7 Å². The highest BCUT2D eigenvalue weighted by molar-refractivity contribution is 5.90. The van der Waals surface area contributed by atoms with Gasteiger partial charge in [-0.25, -0.2) is 9.59 Å². The minimum absolute atomic E-state index is 0.0397. The van der Waals surface area contributed by atoms with Gasteiger partial charge in [-0.15, -0.1) is 0 Å². The number of nitrogens with two attached hydrogens (primary N) is 2. The summed E-state index contributed by atoms with van der Waals surface area (Å²) in [4.78, 5) is 24.7. The second kappa shape index (κ2) is 15.8. The molecular formula is C31H42N2O5. The summed E-state index contributed by atoms with van der Waals surface area (Å²) in [6.45, 7) is 3.10. The Labute approximate surface area is 226 Å². The van der Waals surface area contributed by atoms with E-state index < -0.39 is 5.97 Å². The Hall–Kier alpha value is -3.32. The number of ether oxygens (including phenoxy) is 3. The average Bonchev–Trinajstić information content (AvgIpc) is 2.93. The largest absolute Gasteiger partial charge is 0.459 e. The molecule has 0 bridgehead atoms. The first kappa shape index (κ1) is 29.2. The van der Waals surface area contributed by atoms with Crippen LogP contribution in [0.25, 0.3) is 6.08 Å². The predicted octanol–water partition coefficient (Wildman–Crippen LogP) is 6.45. The van der Waals surface area contributed by atoms with E-state index in [1.54, 1.807) is 48.5 Å². The average molecular weight is 523 g/mol. The molecule has 0 aromatic heterocycles. The van der Waals surface area contributed by atoms with Crippen molar-refractivity contribution in [2.45, 2.75) is 89.9 Å². The minimum Gasteiger partial charge on any atom is -0.459 e. The minimum atomic E-state index is -0.498. The van der Waals surface area contributed by atoms with E-state index in [-0.39, 0.29) is 24.8 Å². The number of carbonyl (C=O) groups excluding carboxylic acids is 2. The molecule has 0 unspecified atom stereocenters. The van der Waals surface area contributed by atoms with Gasteiger partial charge in [0.2, 0.25) is 0 Å². The summed E-state index contributed by atoms with van der Waals surface area (Å²) in [5, 5.41) is 0. The monoisotopic (exact) mass is 522 g/mol. The van der Waals surface area contributed by atoms with Gasteiger partial charge in [-0.1, -0.05) is 51.2 Å². The van der Waals surface area contributed by atoms with Gasteiger partial charge in [-0.3, -0.25) is 0 Å². The number of rotatable bonds is 14. The van der Waals surface area contributed by atoms with E-state index in [1.165, 1.54) is 38.2 Å². The molecule has 206 valence electrons. The molecule has 3 rings (SSSR count). The fraction of sp³-hybridized carbons (Fsp3) is 0.484. The summed E-state index contributed by atoms with van der Waals surface area (Å²) in [6.07, 6.45) is 14.3. The zero-order chi connectivity index (χ0) is 27.2. The van der Waals surface area contributed by atoms with Gasteiger partial charge in [0, 0.05) is 29.6 Å². The molecule has 0 amide bonds. The Morgan fingerprint density at radius 1 is 0.895 bits per heavy atom. The first-order chi connectivity index (χ1) is 18.4. The van der Waals surface area contributed by atoms with E-state index in [1.807, 2.05) is 0 Å². The molecule has 2 aromatic carbocycles. The number of carbonyl (C=O) groups is 2. The molecule has 0 atom stereocenters. The third-order valence-corrected chi connectivity index (χ3v) is 6.84. The molecule has 1 saturated carbocycles. The van der Waals surface area contributed by atoms with Crippen LogP contribution in [0.4, 0.5) is 11.4 Å². The van der Waals surface area contributed by atoms with E-state index in [4.69, 9.17) is 25.7 Å². The molecule has 1 aliphatic carbocycles. The van der Waals surface area contributed by atoms with Crippen molar-refractivity contribution < 1.29 is 23.8 Å². The van der Waals surface area contributed by atoms with Crippen molar-refractivity contribution in [1.82, 2.24) is 0 Å². The zero-order valence-corrected chi connectivity index (χ0v) is 22.5. The Morgan fingerprint density at radius 2 is 1.58 bits per heavy atom. The molecule has 0 radical (unpaired) electrons. The van der Waals surface area contributed by atoms with Crippen molar-refractivity contribution in [1.29, 1.82) is 0 Å². The smallest absolute Gasteiger partial charge is 0.338 e. The van der Waals surface area contributed by atoms with Crippen molar-refractivity contribution in [3.63, 3.8) is 0 Å². The predicted molar refractivity (Wildman–Crippen MR) is 151 cm³/mol. The molecule has 1 aliphatic rings. The summed E-state index contributed by atoms with van der Waals surface area (Å²) < 4.78 is 17.0. The molecule has 7 nitrogen and oxygen atoms in total. The quantitative estimate of drug-likeness (QED) is 0.127. The lowest BCUT2D eigenvalue weighted by Gasteiger charge is -2.28. The van der Waals surface area contributed by atoms with Gasteiger partial charge in [0.25, 0.3) is 0 Å². The fourth-order valence-electron chi connectivity index (χ4n) is 4.51. The lowest BCUT2D eigenvalue weighted by atomic mass is 9.95. The zero-order valence-electron chi connectivity index (χ0n) is 22.5. The molecule has 38 heavy (non-hydrogen) atoms. The van der Waals surface area contributed by atoms with Crippen molar-refractivity contribution in [2.24, 2.45) is 0 Å².